The van der Waals surface area contributed by atoms with Crippen LogP contribution < -0.4 is 20.4 Å². The van der Waals surface area contributed by atoms with Crippen molar-refractivity contribution in [2.24, 2.45) is 0 Å². The van der Waals surface area contributed by atoms with E-state index in [2.05, 4.69) is 20.6 Å². The zero-order valence-corrected chi connectivity index (χ0v) is 10.4. The van der Waals surface area contributed by atoms with Gasteiger partial charge in [-0.3, -0.25) is 4.79 Å². The van der Waals surface area contributed by atoms with Gasteiger partial charge in [-0.1, -0.05) is 0 Å². The highest BCUT2D eigenvalue weighted by Gasteiger charge is 2.22. The molecule has 0 aliphatic carbocycles. The number of nitrogens with one attached hydrogen (secondary N) is 2. The van der Waals surface area contributed by atoms with Gasteiger partial charge >= 0.3 is 0 Å². The van der Waals surface area contributed by atoms with E-state index < -0.39 is 0 Å². The first kappa shape index (κ1) is 11.4. The molecule has 2 N–H and O–H groups in total. The fraction of sp³-hybridized carbons (Fsp3) is 0.500. The van der Waals surface area contributed by atoms with Gasteiger partial charge in [-0.25, -0.2) is 0 Å². The maximum atomic E-state index is 11.4. The summed E-state index contributed by atoms with van der Waals surface area (Å²) in [6.07, 6.45) is 0. The van der Waals surface area contributed by atoms with Crippen molar-refractivity contribution in [3.8, 4) is 0 Å². The first-order valence-corrected chi connectivity index (χ1v) is 5.29. The molecule has 92 valence electrons. The first-order valence-electron chi connectivity index (χ1n) is 5.29. The molecule has 1 aliphatic heterocycles. The molecular weight excluding hydrogens is 220 g/mol. The molecule has 17 heavy (non-hydrogen) atoms. The van der Waals surface area contributed by atoms with Gasteiger partial charge in [0.1, 0.15) is 5.69 Å². The van der Waals surface area contributed by atoms with Crippen molar-refractivity contribution < 1.29 is 4.79 Å². The van der Waals surface area contributed by atoms with E-state index in [1.165, 1.54) is 0 Å². The van der Waals surface area contributed by atoms with E-state index in [9.17, 15) is 4.79 Å². The van der Waals surface area contributed by atoms with Gasteiger partial charge in [-0.15, -0.1) is 0 Å². The quantitative estimate of drug-likeness (QED) is 0.751. The zero-order chi connectivity index (χ0) is 12.6. The minimum atomic E-state index is -0.0817. The van der Waals surface area contributed by atoms with Gasteiger partial charge in [0.05, 0.1) is 6.54 Å². The molecule has 0 bridgehead atoms. The average molecular weight is 236 g/mol. The van der Waals surface area contributed by atoms with E-state index in [-0.39, 0.29) is 12.5 Å². The second kappa shape index (κ2) is 4.08. The summed E-state index contributed by atoms with van der Waals surface area (Å²) in [7, 11) is 7.51. The molecule has 0 saturated heterocycles. The molecule has 0 saturated carbocycles. The molecule has 0 spiro atoms. The minimum absolute atomic E-state index is 0.0817. The monoisotopic (exact) mass is 236 g/mol. The summed E-state index contributed by atoms with van der Waals surface area (Å²) in [4.78, 5) is 23.8. The molecule has 7 heteroatoms. The summed E-state index contributed by atoms with van der Waals surface area (Å²) in [5.41, 5.74) is 0.636. The smallest absolute Gasteiger partial charge is 0.243 e. The predicted octanol–water partition coefficient (Wildman–Crippen LogP) is -0.0274. The molecule has 7 nitrogen and oxygen atoms in total. The van der Waals surface area contributed by atoms with Crippen molar-refractivity contribution in [3.63, 3.8) is 0 Å². The van der Waals surface area contributed by atoms with Crippen LogP contribution >= 0.6 is 0 Å². The summed E-state index contributed by atoms with van der Waals surface area (Å²) in [5, 5.41) is 5.78. The number of carbonyl (C=O) groups excluding carboxylic acids is 1. The van der Waals surface area contributed by atoms with Crippen molar-refractivity contribution in [2.45, 2.75) is 0 Å². The van der Waals surface area contributed by atoms with Gasteiger partial charge in [0.25, 0.3) is 0 Å². The highest BCUT2D eigenvalue weighted by Crippen LogP contribution is 2.32. The molecule has 0 atom stereocenters. The number of aromatic nitrogens is 2. The van der Waals surface area contributed by atoms with Crippen LogP contribution in [0.5, 0.6) is 0 Å². The molecule has 1 aliphatic rings. The predicted molar refractivity (Wildman–Crippen MR) is 67.8 cm³/mol. The highest BCUT2D eigenvalue weighted by molar-refractivity contribution is 6.03. The molecule has 1 aromatic heterocycles. The number of hydrogen-bond donors (Lipinski definition) is 2. The number of nitrogens with zero attached hydrogens (tertiary/aromatic N) is 4. The number of anilines is 4. The summed E-state index contributed by atoms with van der Waals surface area (Å²) >= 11 is 0. The Bertz CT molecular complexity index is 456. The Hall–Kier alpha value is -2.05. The molecular formula is C10H16N6O. The lowest BCUT2D eigenvalue weighted by Crippen LogP contribution is -2.31. The Balaban J connectivity index is 2.55. The van der Waals surface area contributed by atoms with Crippen molar-refractivity contribution in [3.05, 3.63) is 0 Å². The molecule has 0 fully saturated rings. The van der Waals surface area contributed by atoms with E-state index in [1.807, 2.05) is 38.0 Å². The van der Waals surface area contributed by atoms with Crippen LogP contribution in [0.2, 0.25) is 0 Å². The Morgan fingerprint density at radius 1 is 1.12 bits per heavy atom. The molecule has 0 unspecified atom stereocenters. The molecule has 2 heterocycles. The van der Waals surface area contributed by atoms with Crippen molar-refractivity contribution in [2.75, 3.05) is 55.2 Å². The van der Waals surface area contributed by atoms with Gasteiger partial charge in [0.2, 0.25) is 11.9 Å². The van der Waals surface area contributed by atoms with Crippen LogP contribution in [0.15, 0.2) is 0 Å². The number of fused-ring (bicyclic) bond motifs is 1. The van der Waals surface area contributed by atoms with Crippen LogP contribution in [-0.2, 0) is 4.79 Å². The average Bonchev–Trinajstić information content (AvgIpc) is 2.27. The molecule has 1 aromatic rings. The molecule has 0 aromatic carbocycles. The maximum absolute atomic E-state index is 11.4. The third kappa shape index (κ3) is 2.08. The summed E-state index contributed by atoms with van der Waals surface area (Å²) < 4.78 is 0. The van der Waals surface area contributed by atoms with Gasteiger partial charge in [0, 0.05) is 28.2 Å². The first-order chi connectivity index (χ1) is 7.99. The van der Waals surface area contributed by atoms with Crippen LogP contribution in [-0.4, -0.2) is 50.6 Å². The van der Waals surface area contributed by atoms with E-state index in [4.69, 9.17) is 0 Å². The van der Waals surface area contributed by atoms with Crippen LogP contribution in [0, 0.1) is 0 Å². The van der Waals surface area contributed by atoms with Crippen LogP contribution in [0.25, 0.3) is 0 Å². The number of hydrogen-bond acceptors (Lipinski definition) is 6. The van der Waals surface area contributed by atoms with Gasteiger partial charge < -0.3 is 20.4 Å². The van der Waals surface area contributed by atoms with E-state index in [1.54, 1.807) is 0 Å². The number of amides is 1. The summed E-state index contributed by atoms with van der Waals surface area (Å²) in [5.74, 6) is 1.88. The third-order valence-corrected chi connectivity index (χ3v) is 2.38. The largest absolute Gasteiger partial charge is 0.361 e. The van der Waals surface area contributed by atoms with Crippen molar-refractivity contribution in [1.82, 2.24) is 9.97 Å². The normalized spacial score (nSPS) is 13.5. The lowest BCUT2D eigenvalue weighted by Gasteiger charge is -2.25. The topological polar surface area (TPSA) is 73.4 Å². The Morgan fingerprint density at radius 3 is 2.41 bits per heavy atom. The van der Waals surface area contributed by atoms with Crippen LogP contribution in [0.3, 0.4) is 0 Å². The van der Waals surface area contributed by atoms with Gasteiger partial charge in [-0.05, 0) is 0 Å². The van der Waals surface area contributed by atoms with Gasteiger partial charge in [-0.2, -0.15) is 9.97 Å². The maximum Gasteiger partial charge on any atom is 0.243 e. The van der Waals surface area contributed by atoms with Crippen molar-refractivity contribution >= 4 is 29.2 Å². The SMILES string of the molecule is CN(C)c1nc2c(c(N(C)C)n1)NC(=O)CN2. The molecule has 1 amide bonds. The number of carbonyl (C=O) groups is 1. The lowest BCUT2D eigenvalue weighted by molar-refractivity contribution is -0.114. The Labute approximate surface area is 99.8 Å². The Morgan fingerprint density at radius 2 is 1.82 bits per heavy atom. The molecule has 0 radical (unpaired) electrons. The highest BCUT2D eigenvalue weighted by atomic mass is 16.2. The van der Waals surface area contributed by atoms with E-state index in [0.29, 0.717) is 23.3 Å². The fourth-order valence-electron chi connectivity index (χ4n) is 1.55. The Kier molecular flexibility index (Phi) is 2.74. The number of rotatable bonds is 2. The fourth-order valence-corrected chi connectivity index (χ4v) is 1.55. The standard InChI is InChI=1S/C10H16N6O/c1-15(2)9-7-8(11-5-6(17)12-7)13-10(14-9)16(3)4/h5H2,1-4H3,(H,12,17)(H,11,13,14). The van der Waals surface area contributed by atoms with Crippen LogP contribution in [0.1, 0.15) is 0 Å². The van der Waals surface area contributed by atoms with E-state index in [0.717, 1.165) is 0 Å². The van der Waals surface area contributed by atoms with Crippen LogP contribution in [0.4, 0.5) is 23.3 Å². The third-order valence-electron chi connectivity index (χ3n) is 2.38. The zero-order valence-electron chi connectivity index (χ0n) is 10.4. The van der Waals surface area contributed by atoms with Crippen molar-refractivity contribution in [1.29, 1.82) is 0 Å². The van der Waals surface area contributed by atoms with E-state index >= 15 is 0 Å². The lowest BCUT2D eigenvalue weighted by atomic mass is 10.3. The second-order valence-corrected chi connectivity index (χ2v) is 4.26. The summed E-state index contributed by atoms with van der Waals surface area (Å²) in [6, 6.07) is 0. The second-order valence-electron chi connectivity index (χ2n) is 4.26. The minimum Gasteiger partial charge on any atom is -0.361 e. The molecule has 2 rings (SSSR count). The van der Waals surface area contributed by atoms with Gasteiger partial charge in [0.15, 0.2) is 11.6 Å². The summed E-state index contributed by atoms with van der Waals surface area (Å²) in [6.45, 7) is 0.240.